The highest BCUT2D eigenvalue weighted by Gasteiger charge is 2.60. The van der Waals surface area contributed by atoms with Crippen molar-refractivity contribution in [3.05, 3.63) is 113 Å². The van der Waals surface area contributed by atoms with Gasteiger partial charge in [0.15, 0.2) is 9.84 Å². The van der Waals surface area contributed by atoms with Gasteiger partial charge in [0.25, 0.3) is 0 Å². The highest BCUT2D eigenvalue weighted by Crippen LogP contribution is 2.53. The van der Waals surface area contributed by atoms with Crippen LogP contribution in [0.3, 0.4) is 0 Å². The molecule has 35 heavy (non-hydrogen) atoms. The molecule has 176 valence electrons. The molecule has 0 bridgehead atoms. The number of aryl methyl sites for hydroxylation is 1. The van der Waals surface area contributed by atoms with E-state index in [1.807, 2.05) is 79.7 Å². The van der Waals surface area contributed by atoms with Crippen molar-refractivity contribution in [1.29, 1.82) is 0 Å². The summed E-state index contributed by atoms with van der Waals surface area (Å²) in [5.74, 6) is 0. The van der Waals surface area contributed by atoms with Crippen LogP contribution in [0.15, 0.2) is 95.9 Å². The van der Waals surface area contributed by atoms with Crippen LogP contribution in [0.2, 0.25) is 0 Å². The van der Waals surface area contributed by atoms with Crippen molar-refractivity contribution in [3.63, 3.8) is 0 Å². The van der Waals surface area contributed by atoms with Crippen LogP contribution in [0.5, 0.6) is 0 Å². The van der Waals surface area contributed by atoms with Crippen LogP contribution < -0.4 is 0 Å². The summed E-state index contributed by atoms with van der Waals surface area (Å²) in [6, 6.07) is 28.5. The lowest BCUT2D eigenvalue weighted by molar-refractivity contribution is 0.150. The average molecular weight is 484 g/mol. The van der Waals surface area contributed by atoms with Gasteiger partial charge in [0.2, 0.25) is 0 Å². The second kappa shape index (κ2) is 7.95. The number of ether oxygens (including phenoxy) is 1. The zero-order valence-corrected chi connectivity index (χ0v) is 20.2. The van der Waals surface area contributed by atoms with Gasteiger partial charge in [-0.05, 0) is 59.0 Å². The minimum Gasteiger partial charge on any atom is -0.446 e. The smallest absolute Gasteiger partial charge is 0.410 e. The number of fused-ring (bicyclic) bond motifs is 3. The van der Waals surface area contributed by atoms with Crippen LogP contribution in [0.25, 0.3) is 10.8 Å². The lowest BCUT2D eigenvalue weighted by Crippen LogP contribution is -2.50. The molecule has 1 amide bonds. The Balaban J connectivity index is 1.71. The molecular formula is C29H25NO4S. The fourth-order valence-electron chi connectivity index (χ4n) is 5.66. The first-order chi connectivity index (χ1) is 16.9. The maximum Gasteiger partial charge on any atom is 0.410 e. The van der Waals surface area contributed by atoms with Crippen molar-refractivity contribution in [2.45, 2.75) is 29.0 Å². The molecule has 5 nitrogen and oxygen atoms in total. The highest BCUT2D eigenvalue weighted by molar-refractivity contribution is 7.91. The number of hydrogen-bond acceptors (Lipinski definition) is 4. The minimum absolute atomic E-state index is 0.0299. The fraction of sp³-hybridized carbons (Fsp3) is 0.207. The van der Waals surface area contributed by atoms with Crippen LogP contribution in [-0.4, -0.2) is 32.6 Å². The summed E-state index contributed by atoms with van der Waals surface area (Å²) in [4.78, 5) is 15.0. The van der Waals surface area contributed by atoms with E-state index in [-0.39, 0.29) is 11.5 Å². The van der Waals surface area contributed by atoms with E-state index >= 15 is 0 Å². The zero-order valence-electron chi connectivity index (χ0n) is 19.3. The van der Waals surface area contributed by atoms with E-state index in [9.17, 15) is 13.2 Å². The molecule has 0 aliphatic carbocycles. The molecule has 6 heteroatoms. The zero-order chi connectivity index (χ0) is 24.2. The van der Waals surface area contributed by atoms with E-state index in [2.05, 4.69) is 6.07 Å². The standard InChI is InChI=1S/C29H25NO4S/c1-20-11-13-25(14-12-20)35(32,33)27-26-18-22-8-6-5-7-21(22)17-23(26)15-16-30-28(31)34-19-29(27,30)24-9-3-2-4-10-24/h2-14,17-18,27H,15-16,19H2,1H3/t27-,29-/m1/s1. The molecule has 4 aromatic rings. The van der Waals surface area contributed by atoms with E-state index in [4.69, 9.17) is 4.74 Å². The summed E-state index contributed by atoms with van der Waals surface area (Å²) in [6.45, 7) is 2.27. The third kappa shape index (κ3) is 3.27. The SMILES string of the molecule is Cc1ccc(S(=O)(=O)[C@@H]2c3cc4ccccc4cc3CCN3C(=O)OC[C@@]23c2ccccc2)cc1. The van der Waals surface area contributed by atoms with Crippen molar-refractivity contribution in [2.24, 2.45) is 0 Å². The third-order valence-electron chi connectivity index (χ3n) is 7.38. The summed E-state index contributed by atoms with van der Waals surface area (Å²) in [6.07, 6.45) is 0.0689. The molecule has 2 aliphatic heterocycles. The Morgan fingerprint density at radius 2 is 1.54 bits per heavy atom. The summed E-state index contributed by atoms with van der Waals surface area (Å²) >= 11 is 0. The van der Waals surface area contributed by atoms with Crippen molar-refractivity contribution >= 4 is 26.7 Å². The normalized spacial score (nSPS) is 21.8. The topological polar surface area (TPSA) is 63.7 Å². The Labute approximate surface area is 204 Å². The van der Waals surface area contributed by atoms with Crippen molar-refractivity contribution in [1.82, 2.24) is 4.90 Å². The van der Waals surface area contributed by atoms with Gasteiger partial charge in [0, 0.05) is 6.54 Å². The van der Waals surface area contributed by atoms with Gasteiger partial charge >= 0.3 is 6.09 Å². The Kier molecular flexibility index (Phi) is 4.97. The lowest BCUT2D eigenvalue weighted by atomic mass is 9.82. The molecule has 2 aliphatic rings. The first-order valence-electron chi connectivity index (χ1n) is 11.7. The summed E-state index contributed by atoms with van der Waals surface area (Å²) in [7, 11) is -3.94. The van der Waals surface area contributed by atoms with E-state index in [0.717, 1.165) is 33.0 Å². The molecule has 4 aromatic carbocycles. The van der Waals surface area contributed by atoms with Crippen LogP contribution in [0, 0.1) is 6.92 Å². The largest absolute Gasteiger partial charge is 0.446 e. The van der Waals surface area contributed by atoms with Gasteiger partial charge in [-0.1, -0.05) is 78.4 Å². The molecule has 6 rings (SSSR count). The summed E-state index contributed by atoms with van der Waals surface area (Å²) < 4.78 is 34.8. The van der Waals surface area contributed by atoms with Crippen molar-refractivity contribution in [3.8, 4) is 0 Å². The number of benzene rings is 4. The number of carbonyl (C=O) groups is 1. The molecule has 0 unspecified atom stereocenters. The van der Waals surface area contributed by atoms with Gasteiger partial charge in [-0.2, -0.15) is 0 Å². The number of sulfone groups is 1. The maximum absolute atomic E-state index is 14.6. The molecule has 0 radical (unpaired) electrons. The molecule has 2 atom stereocenters. The highest BCUT2D eigenvalue weighted by atomic mass is 32.2. The summed E-state index contributed by atoms with van der Waals surface area (Å²) in [5.41, 5.74) is 2.23. The van der Waals surface area contributed by atoms with Crippen molar-refractivity contribution in [2.75, 3.05) is 13.2 Å². The van der Waals surface area contributed by atoms with Gasteiger partial charge in [-0.25, -0.2) is 13.2 Å². The van der Waals surface area contributed by atoms with E-state index in [0.29, 0.717) is 13.0 Å². The number of hydrogen-bond donors (Lipinski definition) is 0. The third-order valence-corrected chi connectivity index (χ3v) is 9.57. The monoisotopic (exact) mass is 483 g/mol. The number of rotatable bonds is 3. The molecule has 1 saturated heterocycles. The second-order valence-corrected chi connectivity index (χ2v) is 11.4. The van der Waals surface area contributed by atoms with Gasteiger partial charge in [-0.3, -0.25) is 4.90 Å². The van der Waals surface area contributed by atoms with Crippen LogP contribution >= 0.6 is 0 Å². The fourth-order valence-corrected chi connectivity index (χ4v) is 7.84. The first-order valence-corrected chi connectivity index (χ1v) is 13.3. The predicted molar refractivity (Wildman–Crippen MR) is 135 cm³/mol. The number of amides is 1. The Morgan fingerprint density at radius 3 is 2.26 bits per heavy atom. The Hall–Kier alpha value is -3.64. The minimum atomic E-state index is -3.94. The quantitative estimate of drug-likeness (QED) is 0.382. The van der Waals surface area contributed by atoms with Gasteiger partial charge in [0.05, 0.1) is 4.90 Å². The molecule has 0 spiro atoms. The number of cyclic esters (lactones) is 1. The Bertz CT molecular complexity index is 1550. The predicted octanol–water partition coefficient (Wildman–Crippen LogP) is 5.57. The van der Waals surface area contributed by atoms with E-state index in [1.165, 1.54) is 0 Å². The molecule has 0 aromatic heterocycles. The number of nitrogens with zero attached hydrogens (tertiary/aromatic N) is 1. The average Bonchev–Trinajstić information content (AvgIpc) is 3.11. The van der Waals surface area contributed by atoms with Crippen LogP contribution in [0.4, 0.5) is 4.79 Å². The lowest BCUT2D eigenvalue weighted by Gasteiger charge is -2.40. The molecule has 0 N–H and O–H groups in total. The van der Waals surface area contributed by atoms with Gasteiger partial charge in [-0.15, -0.1) is 0 Å². The van der Waals surface area contributed by atoms with Crippen LogP contribution in [0.1, 0.15) is 27.5 Å². The second-order valence-electron chi connectivity index (χ2n) is 9.38. The number of carbonyl (C=O) groups excluding carboxylic acids is 1. The molecular weight excluding hydrogens is 458 g/mol. The summed E-state index contributed by atoms with van der Waals surface area (Å²) in [5, 5.41) is 0.988. The van der Waals surface area contributed by atoms with Gasteiger partial charge in [0.1, 0.15) is 17.4 Å². The van der Waals surface area contributed by atoms with Crippen molar-refractivity contribution < 1.29 is 17.9 Å². The van der Waals surface area contributed by atoms with E-state index < -0.39 is 26.7 Å². The first kappa shape index (κ1) is 21.9. The Morgan fingerprint density at radius 1 is 0.886 bits per heavy atom. The van der Waals surface area contributed by atoms with Gasteiger partial charge < -0.3 is 4.74 Å². The molecule has 0 saturated carbocycles. The molecule has 2 heterocycles. The molecule has 1 fully saturated rings. The maximum atomic E-state index is 14.6. The van der Waals surface area contributed by atoms with E-state index in [1.54, 1.807) is 17.0 Å². The van der Waals surface area contributed by atoms with Crippen LogP contribution in [-0.2, 0) is 26.5 Å².